The van der Waals surface area contributed by atoms with Gasteiger partial charge in [-0.3, -0.25) is 0 Å². The Bertz CT molecular complexity index is 929. The first kappa shape index (κ1) is 14.5. The average Bonchev–Trinajstić information content (AvgIpc) is 2.61. The molecule has 0 amide bonds. The Hall–Kier alpha value is -3.39. The number of fused-ring (bicyclic) bond motifs is 1. The number of benzene rings is 2. The molecule has 1 N–H and O–H groups in total. The Morgan fingerprint density at radius 3 is 2.87 bits per heavy atom. The highest BCUT2D eigenvalue weighted by Crippen LogP contribution is 2.24. The van der Waals surface area contributed by atoms with Crippen molar-refractivity contribution < 1.29 is 9.53 Å². The van der Waals surface area contributed by atoms with Crippen LogP contribution in [0.15, 0.2) is 48.8 Å². The quantitative estimate of drug-likeness (QED) is 0.595. The molecule has 0 aliphatic carbocycles. The molecule has 1 heterocycles. The van der Waals surface area contributed by atoms with Crippen LogP contribution in [0.3, 0.4) is 0 Å². The molecule has 2 aromatic carbocycles. The number of anilines is 2. The number of hydrogen-bond donors (Lipinski definition) is 1. The monoisotopic (exact) mass is 303 g/mol. The molecule has 3 rings (SSSR count). The summed E-state index contributed by atoms with van der Waals surface area (Å²) in [7, 11) is 1.35. The predicted molar refractivity (Wildman–Crippen MR) is 88.5 cm³/mol. The van der Waals surface area contributed by atoms with Gasteiger partial charge in [-0.25, -0.2) is 14.8 Å². The zero-order valence-corrected chi connectivity index (χ0v) is 12.4. The topological polar surface area (TPSA) is 64.1 Å². The van der Waals surface area contributed by atoms with Crippen molar-refractivity contribution in [3.63, 3.8) is 0 Å². The third-order valence-corrected chi connectivity index (χ3v) is 3.35. The lowest BCUT2D eigenvalue weighted by atomic mass is 10.1. The Morgan fingerprint density at radius 2 is 2.09 bits per heavy atom. The maximum absolute atomic E-state index is 11.7. The fraction of sp³-hybridized carbons (Fsp3) is 0.0556. The second-order valence-electron chi connectivity index (χ2n) is 4.80. The number of terminal acetylenes is 1. The van der Waals surface area contributed by atoms with Gasteiger partial charge in [-0.15, -0.1) is 6.42 Å². The third-order valence-electron chi connectivity index (χ3n) is 3.35. The summed E-state index contributed by atoms with van der Waals surface area (Å²) in [6.45, 7) is 0. The first-order valence-electron chi connectivity index (χ1n) is 6.88. The molecule has 0 aliphatic rings. The Morgan fingerprint density at radius 1 is 1.22 bits per heavy atom. The number of rotatable bonds is 3. The van der Waals surface area contributed by atoms with Crippen molar-refractivity contribution in [2.45, 2.75) is 0 Å². The van der Waals surface area contributed by atoms with Crippen LogP contribution in [-0.4, -0.2) is 23.0 Å². The summed E-state index contributed by atoms with van der Waals surface area (Å²) in [5, 5.41) is 3.93. The van der Waals surface area contributed by atoms with E-state index in [9.17, 15) is 4.79 Å². The van der Waals surface area contributed by atoms with Crippen molar-refractivity contribution in [1.82, 2.24) is 9.97 Å². The van der Waals surface area contributed by atoms with E-state index in [0.717, 1.165) is 22.2 Å². The summed E-state index contributed by atoms with van der Waals surface area (Å²) in [5.74, 6) is 2.77. The van der Waals surface area contributed by atoms with Crippen molar-refractivity contribution in [2.75, 3.05) is 12.4 Å². The molecule has 23 heavy (non-hydrogen) atoms. The lowest BCUT2D eigenvalue weighted by Gasteiger charge is -2.09. The molecule has 0 unspecified atom stereocenters. The van der Waals surface area contributed by atoms with Crippen LogP contribution in [-0.2, 0) is 4.74 Å². The van der Waals surface area contributed by atoms with E-state index in [0.29, 0.717) is 11.4 Å². The number of ether oxygens (including phenoxy) is 1. The minimum Gasteiger partial charge on any atom is -0.465 e. The molecule has 0 saturated heterocycles. The normalized spacial score (nSPS) is 10.1. The van der Waals surface area contributed by atoms with Crippen LogP contribution in [0.4, 0.5) is 11.5 Å². The van der Waals surface area contributed by atoms with Gasteiger partial charge in [0.25, 0.3) is 0 Å². The first-order chi connectivity index (χ1) is 11.2. The lowest BCUT2D eigenvalue weighted by Crippen LogP contribution is -2.02. The van der Waals surface area contributed by atoms with Gasteiger partial charge >= 0.3 is 5.97 Å². The molecule has 0 radical (unpaired) electrons. The maximum Gasteiger partial charge on any atom is 0.337 e. The molecule has 5 nitrogen and oxygen atoms in total. The lowest BCUT2D eigenvalue weighted by molar-refractivity contribution is 0.0601. The molecule has 0 atom stereocenters. The number of esters is 1. The number of hydrogen-bond acceptors (Lipinski definition) is 5. The highest BCUT2D eigenvalue weighted by Gasteiger charge is 2.10. The number of nitrogens with zero attached hydrogens (tertiary/aromatic N) is 2. The van der Waals surface area contributed by atoms with Gasteiger partial charge in [0.15, 0.2) is 0 Å². The second-order valence-corrected chi connectivity index (χ2v) is 4.80. The highest BCUT2D eigenvalue weighted by molar-refractivity contribution is 5.98. The van der Waals surface area contributed by atoms with E-state index in [2.05, 4.69) is 21.2 Å². The van der Waals surface area contributed by atoms with Gasteiger partial charge < -0.3 is 10.1 Å². The minimum atomic E-state index is -0.406. The van der Waals surface area contributed by atoms with Gasteiger partial charge in [0, 0.05) is 16.6 Å². The Balaban J connectivity index is 2.06. The van der Waals surface area contributed by atoms with Crippen LogP contribution in [0.25, 0.3) is 10.9 Å². The summed E-state index contributed by atoms with van der Waals surface area (Å²) >= 11 is 0. The van der Waals surface area contributed by atoms with Crippen molar-refractivity contribution in [3.05, 3.63) is 59.9 Å². The van der Waals surface area contributed by atoms with Crippen molar-refractivity contribution in [2.24, 2.45) is 0 Å². The number of nitrogens with one attached hydrogen (secondary N) is 1. The minimum absolute atomic E-state index is 0.406. The zero-order valence-electron chi connectivity index (χ0n) is 12.4. The molecule has 0 bridgehead atoms. The summed E-state index contributed by atoms with van der Waals surface area (Å²) in [6, 6.07) is 12.6. The van der Waals surface area contributed by atoms with Crippen LogP contribution in [0.2, 0.25) is 0 Å². The maximum atomic E-state index is 11.7. The smallest absolute Gasteiger partial charge is 0.337 e. The standard InChI is InChI=1S/C18H13N3O2/c1-3-12-5-4-6-14(9-12)21-17-15-10-13(18(22)23-2)7-8-16(15)19-11-20-17/h1,4-11H,2H3,(H,19,20,21). The fourth-order valence-electron chi connectivity index (χ4n) is 2.22. The van der Waals surface area contributed by atoms with Gasteiger partial charge in [0.05, 0.1) is 18.2 Å². The summed E-state index contributed by atoms with van der Waals surface area (Å²) in [6.07, 6.45) is 6.88. The van der Waals surface area contributed by atoms with Crippen LogP contribution < -0.4 is 5.32 Å². The first-order valence-corrected chi connectivity index (χ1v) is 6.88. The molecule has 0 aliphatic heterocycles. The number of carbonyl (C=O) groups excluding carboxylic acids is 1. The molecule has 0 saturated carbocycles. The second kappa shape index (κ2) is 6.16. The molecule has 112 valence electrons. The van der Waals surface area contributed by atoms with Crippen molar-refractivity contribution >= 4 is 28.4 Å². The van der Waals surface area contributed by atoms with Crippen molar-refractivity contribution in [3.8, 4) is 12.3 Å². The van der Waals surface area contributed by atoms with E-state index in [1.165, 1.54) is 13.4 Å². The summed E-state index contributed by atoms with van der Waals surface area (Å²) in [4.78, 5) is 20.2. The Kier molecular flexibility index (Phi) is 3.89. The van der Waals surface area contributed by atoms with E-state index < -0.39 is 5.97 Å². The highest BCUT2D eigenvalue weighted by atomic mass is 16.5. The van der Waals surface area contributed by atoms with Gasteiger partial charge in [0.1, 0.15) is 12.1 Å². The van der Waals surface area contributed by atoms with Crippen LogP contribution in [0, 0.1) is 12.3 Å². The summed E-state index contributed by atoms with van der Waals surface area (Å²) < 4.78 is 4.75. The largest absolute Gasteiger partial charge is 0.465 e. The van der Waals surface area contributed by atoms with E-state index >= 15 is 0 Å². The molecular formula is C18H13N3O2. The van der Waals surface area contributed by atoms with Crippen LogP contribution in [0.5, 0.6) is 0 Å². The van der Waals surface area contributed by atoms with E-state index in [-0.39, 0.29) is 0 Å². The van der Waals surface area contributed by atoms with Crippen molar-refractivity contribution in [1.29, 1.82) is 0 Å². The fourth-order valence-corrected chi connectivity index (χ4v) is 2.22. The van der Waals surface area contributed by atoms with E-state index in [4.69, 9.17) is 11.2 Å². The van der Waals surface area contributed by atoms with Gasteiger partial charge in [-0.2, -0.15) is 0 Å². The van der Waals surface area contributed by atoms with E-state index in [1.807, 2.05) is 24.3 Å². The van der Waals surface area contributed by atoms with Gasteiger partial charge in [-0.1, -0.05) is 12.0 Å². The van der Waals surface area contributed by atoms with Crippen LogP contribution >= 0.6 is 0 Å². The third kappa shape index (κ3) is 2.97. The molecule has 0 fully saturated rings. The SMILES string of the molecule is C#Cc1cccc(Nc2ncnc3ccc(C(=O)OC)cc23)c1. The number of methoxy groups -OCH3 is 1. The van der Waals surface area contributed by atoms with Gasteiger partial charge in [-0.05, 0) is 36.4 Å². The molecule has 5 heteroatoms. The number of carbonyl (C=O) groups is 1. The van der Waals surface area contributed by atoms with Crippen LogP contribution in [0.1, 0.15) is 15.9 Å². The molecule has 0 spiro atoms. The Labute approximate surface area is 133 Å². The van der Waals surface area contributed by atoms with Gasteiger partial charge in [0.2, 0.25) is 0 Å². The average molecular weight is 303 g/mol. The number of aromatic nitrogens is 2. The van der Waals surface area contributed by atoms with E-state index in [1.54, 1.807) is 18.2 Å². The zero-order chi connectivity index (χ0) is 16.2. The predicted octanol–water partition coefficient (Wildman–Crippen LogP) is 3.14. The summed E-state index contributed by atoms with van der Waals surface area (Å²) in [5.41, 5.74) is 2.74. The molecule has 1 aromatic heterocycles. The molecule has 3 aromatic rings. The molecular weight excluding hydrogens is 290 g/mol.